The minimum atomic E-state index is 0.0292. The third kappa shape index (κ3) is 6.38. The van der Waals surface area contributed by atoms with Crippen LogP contribution >= 0.6 is 0 Å². The van der Waals surface area contributed by atoms with E-state index in [-0.39, 0.29) is 17.8 Å². The number of hydrogen-bond acceptors (Lipinski definition) is 2. The first-order valence-electron chi connectivity index (χ1n) is 8.04. The van der Waals surface area contributed by atoms with Crippen molar-refractivity contribution in [3.63, 3.8) is 0 Å². The van der Waals surface area contributed by atoms with Crippen molar-refractivity contribution in [2.75, 3.05) is 7.11 Å². The fraction of sp³-hybridized carbons (Fsp3) is 0.824. The minimum Gasteiger partial charge on any atom is -0.377 e. The Kier molecular flexibility index (Phi) is 8.81. The van der Waals surface area contributed by atoms with Crippen LogP contribution in [0.25, 0.3) is 0 Å². The third-order valence-electron chi connectivity index (χ3n) is 4.10. The van der Waals surface area contributed by atoms with Gasteiger partial charge in [-0.05, 0) is 12.5 Å². The molecule has 0 spiro atoms. The Morgan fingerprint density at radius 2 is 1.58 bits per heavy atom. The number of carbonyl (C=O) groups is 1. The highest BCUT2D eigenvalue weighted by molar-refractivity contribution is 5.94. The number of unbranched alkanes of at least 4 members (excludes halogenated alkanes) is 8. The predicted octanol–water partition coefficient (Wildman–Crippen LogP) is 4.68. The van der Waals surface area contributed by atoms with E-state index < -0.39 is 0 Å². The molecule has 110 valence electrons. The predicted molar refractivity (Wildman–Crippen MR) is 80.3 cm³/mol. The molecule has 0 aromatic heterocycles. The molecule has 0 radical (unpaired) electrons. The van der Waals surface area contributed by atoms with Crippen LogP contribution in [0, 0.1) is 5.92 Å². The van der Waals surface area contributed by atoms with E-state index in [1.54, 1.807) is 13.2 Å². The Labute approximate surface area is 118 Å². The van der Waals surface area contributed by atoms with E-state index in [1.165, 1.54) is 51.4 Å². The molecule has 1 rings (SSSR count). The van der Waals surface area contributed by atoms with Crippen molar-refractivity contribution in [1.29, 1.82) is 0 Å². The number of rotatable bonds is 11. The van der Waals surface area contributed by atoms with E-state index in [9.17, 15) is 4.79 Å². The van der Waals surface area contributed by atoms with Crippen LogP contribution in [0.3, 0.4) is 0 Å². The van der Waals surface area contributed by atoms with Crippen LogP contribution in [0.5, 0.6) is 0 Å². The number of ketones is 1. The molecule has 1 aliphatic rings. The highest BCUT2D eigenvalue weighted by Gasteiger charge is 2.29. The number of hydrogen-bond donors (Lipinski definition) is 0. The Morgan fingerprint density at radius 3 is 2.16 bits per heavy atom. The quantitative estimate of drug-likeness (QED) is 0.508. The summed E-state index contributed by atoms with van der Waals surface area (Å²) in [7, 11) is 1.69. The summed E-state index contributed by atoms with van der Waals surface area (Å²) in [6.07, 6.45) is 16.6. The number of ether oxygens (including phenoxy) is 1. The topological polar surface area (TPSA) is 26.3 Å². The smallest absolute Gasteiger partial charge is 0.161 e. The summed E-state index contributed by atoms with van der Waals surface area (Å²) in [6.45, 7) is 2.26. The summed E-state index contributed by atoms with van der Waals surface area (Å²) in [5.41, 5.74) is 0. The van der Waals surface area contributed by atoms with Crippen LogP contribution < -0.4 is 0 Å². The monoisotopic (exact) mass is 266 g/mol. The second kappa shape index (κ2) is 10.2. The van der Waals surface area contributed by atoms with Gasteiger partial charge in [-0.25, -0.2) is 0 Å². The van der Waals surface area contributed by atoms with E-state index in [4.69, 9.17) is 4.74 Å². The molecule has 0 aliphatic heterocycles. The van der Waals surface area contributed by atoms with Gasteiger partial charge in [-0.15, -0.1) is 0 Å². The van der Waals surface area contributed by atoms with Gasteiger partial charge in [-0.2, -0.15) is 0 Å². The van der Waals surface area contributed by atoms with Gasteiger partial charge in [0.25, 0.3) is 0 Å². The lowest BCUT2D eigenvalue weighted by molar-refractivity contribution is -0.120. The van der Waals surface area contributed by atoms with E-state index in [2.05, 4.69) is 6.92 Å². The molecular formula is C17H30O2. The summed E-state index contributed by atoms with van der Waals surface area (Å²) in [4.78, 5) is 11.6. The van der Waals surface area contributed by atoms with E-state index >= 15 is 0 Å². The first kappa shape index (κ1) is 16.4. The van der Waals surface area contributed by atoms with Crippen LogP contribution in [-0.4, -0.2) is 19.0 Å². The lowest BCUT2D eigenvalue weighted by Crippen LogP contribution is -2.21. The zero-order valence-corrected chi connectivity index (χ0v) is 12.7. The average molecular weight is 266 g/mol. The summed E-state index contributed by atoms with van der Waals surface area (Å²) >= 11 is 0. The maximum Gasteiger partial charge on any atom is 0.161 e. The molecule has 0 saturated carbocycles. The van der Waals surface area contributed by atoms with Gasteiger partial charge in [0, 0.05) is 7.11 Å². The van der Waals surface area contributed by atoms with Gasteiger partial charge in [-0.3, -0.25) is 4.79 Å². The molecule has 2 unspecified atom stereocenters. The van der Waals surface area contributed by atoms with Crippen LogP contribution in [0.1, 0.15) is 71.1 Å². The molecule has 0 fully saturated rings. The molecule has 2 heteroatoms. The van der Waals surface area contributed by atoms with Gasteiger partial charge >= 0.3 is 0 Å². The van der Waals surface area contributed by atoms with Gasteiger partial charge < -0.3 is 4.74 Å². The Balaban J connectivity index is 1.95. The van der Waals surface area contributed by atoms with Gasteiger partial charge in [-0.1, -0.05) is 70.8 Å². The van der Waals surface area contributed by atoms with Gasteiger partial charge in [0.05, 0.1) is 12.0 Å². The Bertz CT molecular complexity index is 270. The van der Waals surface area contributed by atoms with Crippen molar-refractivity contribution in [1.82, 2.24) is 0 Å². The van der Waals surface area contributed by atoms with Crippen LogP contribution in [0.15, 0.2) is 12.2 Å². The summed E-state index contributed by atoms with van der Waals surface area (Å²) in [5.74, 6) is 0.348. The molecule has 0 aromatic rings. The fourth-order valence-electron chi connectivity index (χ4n) is 2.83. The molecule has 19 heavy (non-hydrogen) atoms. The number of methoxy groups -OCH3 is 1. The average Bonchev–Trinajstić information content (AvgIpc) is 2.77. The standard InChI is InChI=1S/C17H30O2/c1-3-4-5-6-7-8-9-10-11-12-15-16(18)13-14-17(15)19-2/h13-15,17H,3-12H2,1-2H3. The first-order valence-corrected chi connectivity index (χ1v) is 8.04. The maximum absolute atomic E-state index is 11.6. The van der Waals surface area contributed by atoms with Crippen molar-refractivity contribution < 1.29 is 9.53 Å². The largest absolute Gasteiger partial charge is 0.377 e. The Morgan fingerprint density at radius 1 is 1.00 bits per heavy atom. The molecule has 0 amide bonds. The number of allylic oxidation sites excluding steroid dienone is 1. The van der Waals surface area contributed by atoms with Crippen molar-refractivity contribution in [3.8, 4) is 0 Å². The molecule has 0 bridgehead atoms. The summed E-state index contributed by atoms with van der Waals surface area (Å²) < 4.78 is 5.32. The van der Waals surface area contributed by atoms with Crippen molar-refractivity contribution in [3.05, 3.63) is 12.2 Å². The molecule has 0 aromatic carbocycles. The summed E-state index contributed by atoms with van der Waals surface area (Å²) in [5, 5.41) is 0. The molecule has 2 nitrogen and oxygen atoms in total. The number of carbonyl (C=O) groups excluding carboxylic acids is 1. The van der Waals surface area contributed by atoms with Crippen molar-refractivity contribution in [2.45, 2.75) is 77.2 Å². The minimum absolute atomic E-state index is 0.0292. The molecule has 1 aliphatic carbocycles. The fourth-order valence-corrected chi connectivity index (χ4v) is 2.83. The maximum atomic E-state index is 11.6. The van der Waals surface area contributed by atoms with Gasteiger partial charge in [0.1, 0.15) is 0 Å². The highest BCUT2D eigenvalue weighted by Crippen LogP contribution is 2.24. The van der Waals surface area contributed by atoms with E-state index in [0.717, 1.165) is 12.8 Å². The summed E-state index contributed by atoms with van der Waals surface area (Å²) in [6, 6.07) is 0. The zero-order chi connectivity index (χ0) is 13.9. The molecule has 0 heterocycles. The molecule has 0 N–H and O–H groups in total. The van der Waals surface area contributed by atoms with Crippen molar-refractivity contribution in [2.24, 2.45) is 5.92 Å². The second-order valence-corrected chi connectivity index (χ2v) is 5.69. The lowest BCUT2D eigenvalue weighted by Gasteiger charge is -2.16. The zero-order valence-electron chi connectivity index (χ0n) is 12.7. The normalized spacial score (nSPS) is 22.3. The van der Waals surface area contributed by atoms with Crippen LogP contribution in [0.4, 0.5) is 0 Å². The van der Waals surface area contributed by atoms with Gasteiger partial charge in [0.2, 0.25) is 0 Å². The molecule has 2 atom stereocenters. The van der Waals surface area contributed by atoms with Crippen LogP contribution in [0.2, 0.25) is 0 Å². The van der Waals surface area contributed by atoms with E-state index in [1.807, 2.05) is 6.08 Å². The third-order valence-corrected chi connectivity index (χ3v) is 4.10. The Hall–Kier alpha value is -0.630. The van der Waals surface area contributed by atoms with Crippen molar-refractivity contribution >= 4 is 5.78 Å². The SMILES string of the molecule is CCCCCCCCCCCC1C(=O)C=CC1OC. The molecule has 0 saturated heterocycles. The van der Waals surface area contributed by atoms with Crippen LogP contribution in [-0.2, 0) is 9.53 Å². The second-order valence-electron chi connectivity index (χ2n) is 5.69. The molecular weight excluding hydrogens is 236 g/mol. The highest BCUT2D eigenvalue weighted by atomic mass is 16.5. The van der Waals surface area contributed by atoms with Gasteiger partial charge in [0.15, 0.2) is 5.78 Å². The lowest BCUT2D eigenvalue weighted by atomic mass is 9.95. The first-order chi connectivity index (χ1) is 9.29. The van der Waals surface area contributed by atoms with E-state index in [0.29, 0.717) is 0 Å².